The second-order valence-electron chi connectivity index (χ2n) is 11.7. The lowest BCUT2D eigenvalue weighted by molar-refractivity contribution is 0.529. The third-order valence-corrected chi connectivity index (χ3v) is 8.61. The molecule has 0 heterocycles. The van der Waals surface area contributed by atoms with Gasteiger partial charge in [-0.05, 0) is 69.2 Å². The van der Waals surface area contributed by atoms with Crippen LogP contribution >= 0.6 is 0 Å². The predicted octanol–water partition coefficient (Wildman–Crippen LogP) is 10.8. The Labute approximate surface area is 228 Å². The van der Waals surface area contributed by atoms with Gasteiger partial charge in [0.2, 0.25) is 0 Å². The zero-order valence-corrected chi connectivity index (χ0v) is 23.1. The van der Waals surface area contributed by atoms with E-state index in [0.717, 1.165) is 12.8 Å². The van der Waals surface area contributed by atoms with Crippen molar-refractivity contribution in [2.75, 3.05) is 0 Å². The van der Waals surface area contributed by atoms with Gasteiger partial charge in [0.05, 0.1) is 0 Å². The van der Waals surface area contributed by atoms with Crippen molar-refractivity contribution >= 4 is 12.2 Å². The minimum absolute atomic E-state index is 0.496. The first-order chi connectivity index (χ1) is 18.5. The Kier molecular flexibility index (Phi) is 6.66. The molecule has 0 nitrogen and oxygen atoms in total. The standard InChI is InChI=1S/C38H38/c1-25(2)37-29(23-35-31(17-11-19-33(35)37)27-13-7-5-8-14-27)21-22-30-24-36-32(28-15-9-6-10-16-28)18-12-20-34(36)38(30)26(3)4/h5-20,23-26,37-38H,21-22H2,1-4H3. The van der Waals surface area contributed by atoms with Gasteiger partial charge in [-0.15, -0.1) is 0 Å². The maximum Gasteiger partial charge on any atom is 0.00807 e. The van der Waals surface area contributed by atoms with Crippen LogP contribution in [0, 0.1) is 11.8 Å². The van der Waals surface area contributed by atoms with Crippen molar-refractivity contribution in [3.8, 4) is 22.3 Å². The van der Waals surface area contributed by atoms with E-state index in [1.807, 2.05) is 0 Å². The molecule has 4 aromatic rings. The molecule has 4 aromatic carbocycles. The maximum atomic E-state index is 2.53. The molecule has 0 fully saturated rings. The van der Waals surface area contributed by atoms with Gasteiger partial charge < -0.3 is 0 Å². The Morgan fingerprint density at radius 1 is 0.474 bits per heavy atom. The van der Waals surface area contributed by atoms with Crippen molar-refractivity contribution in [2.24, 2.45) is 11.8 Å². The highest BCUT2D eigenvalue weighted by atomic mass is 14.4. The van der Waals surface area contributed by atoms with Crippen molar-refractivity contribution in [1.82, 2.24) is 0 Å². The minimum atomic E-state index is 0.496. The molecule has 0 radical (unpaired) electrons. The number of hydrogen-bond acceptors (Lipinski definition) is 0. The van der Waals surface area contributed by atoms with Gasteiger partial charge in [-0.3, -0.25) is 0 Å². The first kappa shape index (κ1) is 24.7. The zero-order valence-electron chi connectivity index (χ0n) is 23.1. The summed E-state index contributed by atoms with van der Waals surface area (Å²) < 4.78 is 0. The van der Waals surface area contributed by atoms with Crippen molar-refractivity contribution in [3.05, 3.63) is 130 Å². The molecule has 0 saturated heterocycles. The van der Waals surface area contributed by atoms with Crippen LogP contribution < -0.4 is 0 Å². The Morgan fingerprint density at radius 2 is 0.868 bits per heavy atom. The van der Waals surface area contributed by atoms with Crippen molar-refractivity contribution in [3.63, 3.8) is 0 Å². The van der Waals surface area contributed by atoms with Crippen LogP contribution in [0.2, 0.25) is 0 Å². The smallest absolute Gasteiger partial charge is 0.00807 e. The molecule has 2 unspecified atom stereocenters. The fourth-order valence-corrected chi connectivity index (χ4v) is 7.04. The van der Waals surface area contributed by atoms with Crippen LogP contribution in [0.25, 0.3) is 34.4 Å². The van der Waals surface area contributed by atoms with Crippen LogP contribution in [0.15, 0.2) is 108 Å². The molecule has 0 amide bonds. The number of hydrogen-bond donors (Lipinski definition) is 0. The van der Waals surface area contributed by atoms with Crippen molar-refractivity contribution in [1.29, 1.82) is 0 Å². The first-order valence-corrected chi connectivity index (χ1v) is 14.3. The van der Waals surface area contributed by atoms with E-state index in [9.17, 15) is 0 Å². The highest BCUT2D eigenvalue weighted by molar-refractivity contribution is 5.83. The lowest BCUT2D eigenvalue weighted by atomic mass is 9.80. The zero-order chi connectivity index (χ0) is 26.2. The summed E-state index contributed by atoms with van der Waals surface area (Å²) >= 11 is 0. The lowest BCUT2D eigenvalue weighted by Crippen LogP contribution is -2.10. The Bertz CT molecular complexity index is 1380. The van der Waals surface area contributed by atoms with E-state index in [-0.39, 0.29) is 0 Å². The topological polar surface area (TPSA) is 0 Å². The summed E-state index contributed by atoms with van der Waals surface area (Å²) in [5, 5.41) is 0. The van der Waals surface area contributed by atoms with E-state index in [2.05, 4.69) is 137 Å². The fraction of sp³-hybridized carbons (Fsp3) is 0.263. The minimum Gasteiger partial charge on any atom is -0.0622 e. The average molecular weight is 495 g/mol. The van der Waals surface area contributed by atoms with Crippen LogP contribution in [-0.2, 0) is 0 Å². The maximum absolute atomic E-state index is 2.53. The van der Waals surface area contributed by atoms with Gasteiger partial charge in [-0.25, -0.2) is 0 Å². The molecule has 0 aromatic heterocycles. The molecule has 2 aliphatic carbocycles. The van der Waals surface area contributed by atoms with E-state index in [1.165, 1.54) is 44.5 Å². The van der Waals surface area contributed by atoms with Crippen LogP contribution in [-0.4, -0.2) is 0 Å². The summed E-state index contributed by atoms with van der Waals surface area (Å²) in [5.74, 6) is 2.15. The van der Waals surface area contributed by atoms with Gasteiger partial charge >= 0.3 is 0 Å². The number of rotatable bonds is 7. The highest BCUT2D eigenvalue weighted by Gasteiger charge is 2.32. The summed E-state index contributed by atoms with van der Waals surface area (Å²) in [6.45, 7) is 9.54. The molecule has 2 aliphatic rings. The Morgan fingerprint density at radius 3 is 1.24 bits per heavy atom. The molecule has 0 spiro atoms. The van der Waals surface area contributed by atoms with Crippen LogP contribution in [0.1, 0.15) is 74.6 Å². The van der Waals surface area contributed by atoms with Crippen LogP contribution in [0.4, 0.5) is 0 Å². The molecule has 190 valence electrons. The van der Waals surface area contributed by atoms with Crippen molar-refractivity contribution in [2.45, 2.75) is 52.4 Å². The SMILES string of the molecule is CC(C)C1C(CCC2=Cc3c(-c4ccccc4)cccc3C2C(C)C)=Cc2c(-c3ccccc3)cccc21. The summed E-state index contributed by atoms with van der Waals surface area (Å²) in [5.41, 5.74) is 14.4. The first-order valence-electron chi connectivity index (χ1n) is 14.3. The summed E-state index contributed by atoms with van der Waals surface area (Å²) in [6.07, 6.45) is 7.31. The fourth-order valence-electron chi connectivity index (χ4n) is 7.04. The van der Waals surface area contributed by atoms with E-state index < -0.39 is 0 Å². The third kappa shape index (κ3) is 4.37. The normalized spacial score (nSPS) is 17.9. The third-order valence-electron chi connectivity index (χ3n) is 8.61. The van der Waals surface area contributed by atoms with Crippen molar-refractivity contribution < 1.29 is 0 Å². The second-order valence-corrected chi connectivity index (χ2v) is 11.7. The Hall–Kier alpha value is -3.64. The average Bonchev–Trinajstić information content (AvgIpc) is 3.51. The second kappa shape index (κ2) is 10.3. The lowest BCUT2D eigenvalue weighted by Gasteiger charge is -2.24. The van der Waals surface area contributed by atoms with Gasteiger partial charge in [-0.1, -0.05) is 148 Å². The van der Waals surface area contributed by atoms with Gasteiger partial charge in [0.1, 0.15) is 0 Å². The molecule has 0 bridgehead atoms. The molecule has 0 N–H and O–H groups in total. The number of benzene rings is 4. The summed E-state index contributed by atoms with van der Waals surface area (Å²) in [7, 11) is 0. The quantitative estimate of drug-likeness (QED) is 0.240. The number of allylic oxidation sites excluding steroid dienone is 2. The number of fused-ring (bicyclic) bond motifs is 2. The van der Waals surface area contributed by atoms with E-state index >= 15 is 0 Å². The largest absolute Gasteiger partial charge is 0.0622 e. The predicted molar refractivity (Wildman–Crippen MR) is 164 cm³/mol. The molecular formula is C38H38. The molecule has 0 heteroatoms. The molecule has 0 saturated carbocycles. The van der Waals surface area contributed by atoms with Crippen LogP contribution in [0.3, 0.4) is 0 Å². The molecule has 2 atom stereocenters. The van der Waals surface area contributed by atoms with E-state index in [0.29, 0.717) is 23.7 Å². The van der Waals surface area contributed by atoms with Gasteiger partial charge in [-0.2, -0.15) is 0 Å². The van der Waals surface area contributed by atoms with E-state index in [1.54, 1.807) is 11.1 Å². The van der Waals surface area contributed by atoms with Crippen LogP contribution in [0.5, 0.6) is 0 Å². The van der Waals surface area contributed by atoms with Gasteiger partial charge in [0.25, 0.3) is 0 Å². The molecule has 0 aliphatic heterocycles. The summed E-state index contributed by atoms with van der Waals surface area (Å²) in [6, 6.07) is 35.6. The van der Waals surface area contributed by atoms with Gasteiger partial charge in [0, 0.05) is 11.8 Å². The Balaban J connectivity index is 1.34. The molecule has 38 heavy (non-hydrogen) atoms. The summed E-state index contributed by atoms with van der Waals surface area (Å²) in [4.78, 5) is 0. The van der Waals surface area contributed by atoms with Gasteiger partial charge in [0.15, 0.2) is 0 Å². The molecule has 6 rings (SSSR count). The van der Waals surface area contributed by atoms with E-state index in [4.69, 9.17) is 0 Å². The molecular weight excluding hydrogens is 456 g/mol. The highest BCUT2D eigenvalue weighted by Crippen LogP contribution is 2.50. The monoisotopic (exact) mass is 494 g/mol.